The van der Waals surface area contributed by atoms with E-state index in [9.17, 15) is 4.39 Å². The maximum absolute atomic E-state index is 13.0. The van der Waals surface area contributed by atoms with E-state index in [4.69, 9.17) is 16.3 Å². The number of nitrogens with zero attached hydrogens (tertiary/aromatic N) is 2. The largest absolute Gasteiger partial charge is 0.436 e. The zero-order valence-electron chi connectivity index (χ0n) is 7.82. The van der Waals surface area contributed by atoms with Gasteiger partial charge >= 0.3 is 0 Å². The second-order valence-electron chi connectivity index (χ2n) is 2.83. The Kier molecular flexibility index (Phi) is 3.36. The van der Waals surface area contributed by atoms with E-state index in [-0.39, 0.29) is 16.9 Å². The summed E-state index contributed by atoms with van der Waals surface area (Å²) in [4.78, 5) is 7.71. The van der Waals surface area contributed by atoms with Crippen LogP contribution in [0.25, 0.3) is 0 Å². The minimum Gasteiger partial charge on any atom is -0.436 e. The minimum absolute atomic E-state index is 0.156. The average Bonchev–Trinajstić information content (AvgIpc) is 2.27. The van der Waals surface area contributed by atoms with Crippen molar-refractivity contribution in [1.29, 1.82) is 0 Å². The quantitative estimate of drug-likeness (QED) is 0.846. The van der Waals surface area contributed by atoms with Gasteiger partial charge in [-0.25, -0.2) is 14.4 Å². The highest BCUT2D eigenvalue weighted by Crippen LogP contribution is 2.27. The van der Waals surface area contributed by atoms with Gasteiger partial charge in [-0.3, -0.25) is 0 Å². The highest BCUT2D eigenvalue weighted by atomic mass is 79.9. The topological polar surface area (TPSA) is 35.0 Å². The number of halogens is 3. The molecule has 0 bridgehead atoms. The molecule has 2 aromatic rings. The molecule has 0 aliphatic rings. The van der Waals surface area contributed by atoms with Gasteiger partial charge in [-0.2, -0.15) is 0 Å². The summed E-state index contributed by atoms with van der Waals surface area (Å²) in [5, 5.41) is 0.156. The Morgan fingerprint density at radius 1 is 1.25 bits per heavy atom. The Bertz CT molecular complexity index is 524. The first-order chi connectivity index (χ1) is 7.66. The van der Waals surface area contributed by atoms with E-state index >= 15 is 0 Å². The molecule has 2 rings (SSSR count). The van der Waals surface area contributed by atoms with Crippen LogP contribution in [0.4, 0.5) is 4.39 Å². The number of hydrogen-bond donors (Lipinski definition) is 0. The lowest BCUT2D eigenvalue weighted by Gasteiger charge is -2.05. The molecular weight excluding hydrogens is 298 g/mol. The van der Waals surface area contributed by atoms with E-state index in [1.54, 1.807) is 0 Å². The summed E-state index contributed by atoms with van der Waals surface area (Å²) < 4.78 is 18.6. The van der Waals surface area contributed by atoms with Crippen LogP contribution in [0.15, 0.2) is 35.1 Å². The van der Waals surface area contributed by atoms with Crippen LogP contribution in [0.2, 0.25) is 5.15 Å². The average molecular weight is 304 g/mol. The second-order valence-corrected chi connectivity index (χ2v) is 4.04. The molecule has 0 aliphatic carbocycles. The normalized spacial score (nSPS) is 10.2. The van der Waals surface area contributed by atoms with Crippen LogP contribution < -0.4 is 4.74 Å². The van der Waals surface area contributed by atoms with Crippen molar-refractivity contribution in [2.75, 3.05) is 0 Å². The second kappa shape index (κ2) is 4.76. The van der Waals surface area contributed by atoms with Crippen LogP contribution >= 0.6 is 27.5 Å². The van der Waals surface area contributed by atoms with Crippen molar-refractivity contribution in [1.82, 2.24) is 9.97 Å². The van der Waals surface area contributed by atoms with E-state index in [1.165, 1.54) is 30.6 Å². The smallest absolute Gasteiger partial charge is 0.257 e. The third-order valence-electron chi connectivity index (χ3n) is 1.73. The molecule has 0 saturated carbocycles. The number of rotatable bonds is 2. The lowest BCUT2D eigenvalue weighted by Crippen LogP contribution is -1.90. The molecule has 6 heteroatoms. The first-order valence-electron chi connectivity index (χ1n) is 4.26. The van der Waals surface area contributed by atoms with E-state index in [2.05, 4.69) is 25.9 Å². The Labute approximate surface area is 104 Å². The van der Waals surface area contributed by atoms with Crippen molar-refractivity contribution in [3.63, 3.8) is 0 Å². The van der Waals surface area contributed by atoms with Gasteiger partial charge in [-0.05, 0) is 34.1 Å². The van der Waals surface area contributed by atoms with Gasteiger partial charge in [-0.15, -0.1) is 0 Å². The fourth-order valence-corrected chi connectivity index (χ4v) is 1.53. The molecule has 0 spiro atoms. The lowest BCUT2D eigenvalue weighted by atomic mass is 10.3. The lowest BCUT2D eigenvalue weighted by molar-refractivity contribution is 0.458. The van der Waals surface area contributed by atoms with E-state index < -0.39 is 0 Å². The molecule has 82 valence electrons. The van der Waals surface area contributed by atoms with Gasteiger partial charge in [-0.1, -0.05) is 11.6 Å². The predicted octanol–water partition coefficient (Wildman–Crippen LogP) is 3.82. The van der Waals surface area contributed by atoms with Gasteiger partial charge in [0.05, 0.1) is 4.47 Å². The molecule has 0 N–H and O–H groups in total. The fraction of sp³-hybridized carbons (Fsp3) is 0. The fourth-order valence-electron chi connectivity index (χ4n) is 1.03. The van der Waals surface area contributed by atoms with E-state index in [0.29, 0.717) is 10.2 Å². The van der Waals surface area contributed by atoms with Gasteiger partial charge in [0.15, 0.2) is 5.15 Å². The minimum atomic E-state index is -0.363. The molecular formula is C10H5BrClFN2O. The SMILES string of the molecule is Fc1ccc(Oc2nccnc2Cl)cc1Br. The number of ether oxygens (including phenoxy) is 1. The molecule has 0 radical (unpaired) electrons. The van der Waals surface area contributed by atoms with Gasteiger partial charge in [0.1, 0.15) is 11.6 Å². The molecule has 1 aromatic heterocycles. The molecule has 1 heterocycles. The molecule has 0 atom stereocenters. The van der Waals surface area contributed by atoms with Crippen molar-refractivity contribution in [3.05, 3.63) is 46.0 Å². The highest BCUT2D eigenvalue weighted by molar-refractivity contribution is 9.10. The maximum Gasteiger partial charge on any atom is 0.257 e. The first kappa shape index (κ1) is 11.3. The van der Waals surface area contributed by atoms with Crippen LogP contribution in [0.5, 0.6) is 11.6 Å². The zero-order chi connectivity index (χ0) is 11.5. The van der Waals surface area contributed by atoms with E-state index in [1.807, 2.05) is 0 Å². The van der Waals surface area contributed by atoms with Gasteiger partial charge < -0.3 is 4.74 Å². The summed E-state index contributed by atoms with van der Waals surface area (Å²) in [5.41, 5.74) is 0. The first-order valence-corrected chi connectivity index (χ1v) is 5.43. The Hall–Kier alpha value is -1.20. The zero-order valence-corrected chi connectivity index (χ0v) is 10.2. The Morgan fingerprint density at radius 3 is 2.69 bits per heavy atom. The summed E-state index contributed by atoms with van der Waals surface area (Å²) in [6.45, 7) is 0. The Balaban J connectivity index is 2.28. The van der Waals surface area contributed by atoms with Crippen molar-refractivity contribution in [2.24, 2.45) is 0 Å². The van der Waals surface area contributed by atoms with Crippen molar-refractivity contribution in [3.8, 4) is 11.6 Å². The standard InChI is InChI=1S/C10H5BrClFN2O/c11-7-5-6(1-2-8(7)13)16-10-9(12)14-3-4-15-10/h1-5H. The van der Waals surface area contributed by atoms with Gasteiger partial charge in [0.25, 0.3) is 5.88 Å². The highest BCUT2D eigenvalue weighted by Gasteiger charge is 2.06. The van der Waals surface area contributed by atoms with E-state index in [0.717, 1.165) is 0 Å². The summed E-state index contributed by atoms with van der Waals surface area (Å²) >= 11 is 8.81. The summed E-state index contributed by atoms with van der Waals surface area (Å²) in [5.74, 6) is 0.246. The molecule has 0 aliphatic heterocycles. The third-order valence-corrected chi connectivity index (χ3v) is 2.60. The van der Waals surface area contributed by atoms with Crippen LogP contribution in [0.3, 0.4) is 0 Å². The monoisotopic (exact) mass is 302 g/mol. The summed E-state index contributed by atoms with van der Waals surface area (Å²) in [6.07, 6.45) is 2.91. The molecule has 0 unspecified atom stereocenters. The molecule has 0 fully saturated rings. The summed E-state index contributed by atoms with van der Waals surface area (Å²) in [6, 6.07) is 4.25. The van der Waals surface area contributed by atoms with Gasteiger partial charge in [0, 0.05) is 12.4 Å². The van der Waals surface area contributed by atoms with Crippen molar-refractivity contribution < 1.29 is 9.13 Å². The molecule has 16 heavy (non-hydrogen) atoms. The maximum atomic E-state index is 13.0. The summed E-state index contributed by atoms with van der Waals surface area (Å²) in [7, 11) is 0. The Morgan fingerprint density at radius 2 is 2.00 bits per heavy atom. The predicted molar refractivity (Wildman–Crippen MR) is 61.2 cm³/mol. The van der Waals surface area contributed by atoms with Crippen molar-refractivity contribution >= 4 is 27.5 Å². The number of benzene rings is 1. The molecule has 1 aromatic carbocycles. The number of hydrogen-bond acceptors (Lipinski definition) is 3. The van der Waals surface area contributed by atoms with Crippen LogP contribution in [0.1, 0.15) is 0 Å². The van der Waals surface area contributed by atoms with Crippen LogP contribution in [-0.2, 0) is 0 Å². The van der Waals surface area contributed by atoms with Crippen molar-refractivity contribution in [2.45, 2.75) is 0 Å². The van der Waals surface area contributed by atoms with Gasteiger partial charge in [0.2, 0.25) is 0 Å². The molecule has 0 amide bonds. The van der Waals surface area contributed by atoms with Crippen LogP contribution in [0, 0.1) is 5.82 Å². The molecule has 3 nitrogen and oxygen atoms in total. The third kappa shape index (κ3) is 2.48. The number of aromatic nitrogens is 2. The molecule has 0 saturated heterocycles. The van der Waals surface area contributed by atoms with Crippen LogP contribution in [-0.4, -0.2) is 9.97 Å².